The lowest BCUT2D eigenvalue weighted by Crippen LogP contribution is -2.30. The van der Waals surface area contributed by atoms with Gasteiger partial charge in [-0.05, 0) is 36.4 Å². The summed E-state index contributed by atoms with van der Waals surface area (Å²) in [5, 5.41) is 11.2. The number of hydrogen-bond acceptors (Lipinski definition) is 5. The third kappa shape index (κ3) is 4.41. The average Bonchev–Trinajstić information content (AvgIpc) is 3.28. The number of nitrogens with zero attached hydrogens (tertiary/aromatic N) is 2. The van der Waals surface area contributed by atoms with Gasteiger partial charge in [-0.1, -0.05) is 48.0 Å². The van der Waals surface area contributed by atoms with E-state index in [1.54, 1.807) is 30.3 Å². The Labute approximate surface area is 182 Å². The maximum absolute atomic E-state index is 14.6. The summed E-state index contributed by atoms with van der Waals surface area (Å²) in [5.74, 6) is -0.438. The van der Waals surface area contributed by atoms with E-state index in [0.717, 1.165) is 0 Å². The molecule has 0 unspecified atom stereocenters. The van der Waals surface area contributed by atoms with Crippen molar-refractivity contribution in [3.05, 3.63) is 101 Å². The van der Waals surface area contributed by atoms with Crippen LogP contribution in [0.2, 0.25) is 5.02 Å². The van der Waals surface area contributed by atoms with Gasteiger partial charge in [0, 0.05) is 16.1 Å². The van der Waals surface area contributed by atoms with Crippen LogP contribution in [0.1, 0.15) is 27.9 Å². The highest BCUT2D eigenvalue weighted by molar-refractivity contribution is 6.31. The second-order valence-corrected chi connectivity index (χ2v) is 7.02. The molecule has 1 aromatic heterocycles. The fourth-order valence-electron chi connectivity index (χ4n) is 3.10. The number of methoxy groups -OCH3 is 1. The Hall–Kier alpha value is -3.71. The SMILES string of the molecule is COc1ccc(Cl)cc1C(=O)N[C@H](c1nnc(-c2ccccc2)o1)c1ccccc1F. The molecule has 0 fully saturated rings. The van der Waals surface area contributed by atoms with Crippen molar-refractivity contribution in [2.24, 2.45) is 0 Å². The third-order valence-corrected chi connectivity index (χ3v) is 4.84. The molecular weight excluding hydrogens is 421 g/mol. The fourth-order valence-corrected chi connectivity index (χ4v) is 3.27. The van der Waals surface area contributed by atoms with Gasteiger partial charge < -0.3 is 14.5 Å². The Morgan fingerprint density at radius 1 is 1.06 bits per heavy atom. The van der Waals surface area contributed by atoms with Gasteiger partial charge in [-0.2, -0.15) is 0 Å². The summed E-state index contributed by atoms with van der Waals surface area (Å²) in [4.78, 5) is 13.1. The summed E-state index contributed by atoms with van der Waals surface area (Å²) in [7, 11) is 1.44. The first-order valence-electron chi connectivity index (χ1n) is 9.34. The maximum atomic E-state index is 14.6. The zero-order valence-corrected chi connectivity index (χ0v) is 17.1. The molecule has 0 bridgehead atoms. The average molecular weight is 438 g/mol. The quantitative estimate of drug-likeness (QED) is 0.456. The molecule has 0 spiro atoms. The number of rotatable bonds is 6. The highest BCUT2D eigenvalue weighted by atomic mass is 35.5. The molecule has 31 heavy (non-hydrogen) atoms. The van der Waals surface area contributed by atoms with Gasteiger partial charge in [-0.25, -0.2) is 4.39 Å². The molecule has 0 saturated heterocycles. The van der Waals surface area contributed by atoms with E-state index in [-0.39, 0.29) is 22.9 Å². The van der Waals surface area contributed by atoms with Gasteiger partial charge in [0.2, 0.25) is 11.8 Å². The molecule has 4 aromatic rings. The molecule has 3 aromatic carbocycles. The van der Waals surface area contributed by atoms with Crippen molar-refractivity contribution in [3.8, 4) is 17.2 Å². The van der Waals surface area contributed by atoms with Crippen molar-refractivity contribution in [2.75, 3.05) is 7.11 Å². The molecule has 1 heterocycles. The molecule has 0 aliphatic rings. The van der Waals surface area contributed by atoms with Crippen molar-refractivity contribution in [1.82, 2.24) is 15.5 Å². The molecule has 1 amide bonds. The van der Waals surface area contributed by atoms with Gasteiger partial charge in [-0.15, -0.1) is 10.2 Å². The molecule has 0 aliphatic heterocycles. The predicted molar refractivity (Wildman–Crippen MR) is 113 cm³/mol. The minimum Gasteiger partial charge on any atom is -0.496 e. The topological polar surface area (TPSA) is 77.2 Å². The number of aromatic nitrogens is 2. The number of amides is 1. The third-order valence-electron chi connectivity index (χ3n) is 4.61. The fraction of sp³-hybridized carbons (Fsp3) is 0.0870. The second-order valence-electron chi connectivity index (χ2n) is 6.58. The van der Waals surface area contributed by atoms with Crippen LogP contribution >= 0.6 is 11.6 Å². The molecule has 4 rings (SSSR count). The summed E-state index contributed by atoms with van der Waals surface area (Å²) in [5.41, 5.74) is 1.08. The molecular formula is C23H17ClFN3O3. The normalized spacial score (nSPS) is 11.7. The number of benzene rings is 3. The molecule has 6 nitrogen and oxygen atoms in total. The number of ether oxygens (including phenoxy) is 1. The lowest BCUT2D eigenvalue weighted by molar-refractivity contribution is 0.0934. The monoisotopic (exact) mass is 437 g/mol. The smallest absolute Gasteiger partial charge is 0.256 e. The minimum absolute atomic E-state index is 0.0401. The van der Waals surface area contributed by atoms with Crippen molar-refractivity contribution >= 4 is 17.5 Å². The van der Waals surface area contributed by atoms with Crippen molar-refractivity contribution < 1.29 is 18.3 Å². The largest absolute Gasteiger partial charge is 0.496 e. The van der Waals surface area contributed by atoms with Gasteiger partial charge in [0.1, 0.15) is 17.6 Å². The summed E-state index contributed by atoms with van der Waals surface area (Å²) < 4.78 is 25.7. The van der Waals surface area contributed by atoms with E-state index >= 15 is 0 Å². The molecule has 1 atom stereocenters. The summed E-state index contributed by atoms with van der Waals surface area (Å²) in [6, 6.07) is 18.8. The first kappa shape index (κ1) is 20.6. The van der Waals surface area contributed by atoms with Gasteiger partial charge in [0.25, 0.3) is 5.91 Å². The summed E-state index contributed by atoms with van der Waals surface area (Å²) in [6.07, 6.45) is 0. The van der Waals surface area contributed by atoms with Crippen molar-refractivity contribution in [2.45, 2.75) is 6.04 Å². The predicted octanol–water partition coefficient (Wildman–Crippen LogP) is 5.06. The van der Waals surface area contributed by atoms with E-state index in [2.05, 4.69) is 15.5 Å². The van der Waals surface area contributed by atoms with E-state index < -0.39 is 17.8 Å². The highest BCUT2D eigenvalue weighted by Crippen LogP contribution is 2.29. The minimum atomic E-state index is -1.03. The van der Waals surface area contributed by atoms with Crippen LogP contribution in [0.5, 0.6) is 5.75 Å². The van der Waals surface area contributed by atoms with E-state index in [0.29, 0.717) is 16.3 Å². The first-order chi connectivity index (χ1) is 15.1. The Kier molecular flexibility index (Phi) is 5.95. The van der Waals surface area contributed by atoms with E-state index in [4.69, 9.17) is 20.8 Å². The number of halogens is 2. The number of carbonyl (C=O) groups is 1. The molecule has 0 aliphatic carbocycles. The maximum Gasteiger partial charge on any atom is 0.256 e. The van der Waals surface area contributed by atoms with Crippen molar-refractivity contribution in [1.29, 1.82) is 0 Å². The van der Waals surface area contributed by atoms with Crippen LogP contribution < -0.4 is 10.1 Å². The van der Waals surface area contributed by atoms with Crippen LogP contribution in [0.15, 0.2) is 77.2 Å². The first-order valence-corrected chi connectivity index (χ1v) is 9.72. The second kappa shape index (κ2) is 8.97. The molecule has 156 valence electrons. The molecule has 1 N–H and O–H groups in total. The highest BCUT2D eigenvalue weighted by Gasteiger charge is 2.27. The lowest BCUT2D eigenvalue weighted by atomic mass is 10.1. The van der Waals surface area contributed by atoms with E-state index in [9.17, 15) is 9.18 Å². The number of nitrogens with one attached hydrogen (secondary N) is 1. The summed E-state index contributed by atoms with van der Waals surface area (Å²) in [6.45, 7) is 0. The molecule has 8 heteroatoms. The van der Waals surface area contributed by atoms with Crippen LogP contribution in [-0.4, -0.2) is 23.2 Å². The summed E-state index contributed by atoms with van der Waals surface area (Å²) >= 11 is 6.05. The molecule has 0 radical (unpaired) electrons. The Morgan fingerprint density at radius 2 is 1.81 bits per heavy atom. The van der Waals surface area contributed by atoms with Gasteiger partial charge >= 0.3 is 0 Å². The number of hydrogen-bond donors (Lipinski definition) is 1. The molecule has 0 saturated carbocycles. The van der Waals surface area contributed by atoms with Gasteiger partial charge in [0.15, 0.2) is 0 Å². The zero-order chi connectivity index (χ0) is 21.8. The van der Waals surface area contributed by atoms with Gasteiger partial charge in [0.05, 0.1) is 12.7 Å². The van der Waals surface area contributed by atoms with Crippen molar-refractivity contribution in [3.63, 3.8) is 0 Å². The zero-order valence-electron chi connectivity index (χ0n) is 16.4. The Bertz CT molecular complexity index is 1210. The van der Waals surface area contributed by atoms with Crippen LogP contribution in [0.3, 0.4) is 0 Å². The van der Waals surface area contributed by atoms with E-state index in [1.165, 1.54) is 19.2 Å². The number of carbonyl (C=O) groups excluding carboxylic acids is 1. The van der Waals surface area contributed by atoms with E-state index in [1.807, 2.05) is 30.3 Å². The Morgan fingerprint density at radius 3 is 2.55 bits per heavy atom. The Balaban J connectivity index is 1.73. The van der Waals surface area contributed by atoms with Gasteiger partial charge in [-0.3, -0.25) is 4.79 Å². The van der Waals surface area contributed by atoms with Crippen LogP contribution in [0.4, 0.5) is 4.39 Å². The van der Waals surface area contributed by atoms with Crippen LogP contribution in [0.25, 0.3) is 11.5 Å². The van der Waals surface area contributed by atoms with Crippen LogP contribution in [-0.2, 0) is 0 Å². The lowest BCUT2D eigenvalue weighted by Gasteiger charge is -2.17. The van der Waals surface area contributed by atoms with Crippen LogP contribution in [0, 0.1) is 5.82 Å². The standard InChI is InChI=1S/C23H17ClFN3O3/c1-30-19-12-11-15(24)13-17(19)21(29)26-20(16-9-5-6-10-18(16)25)23-28-27-22(31-23)14-7-3-2-4-8-14/h2-13,20H,1H3,(H,26,29)/t20-/m0/s1.